The van der Waals surface area contributed by atoms with Crippen molar-refractivity contribution in [1.29, 1.82) is 0 Å². The summed E-state index contributed by atoms with van der Waals surface area (Å²) in [6.45, 7) is -0.187. The molecule has 0 aliphatic carbocycles. The summed E-state index contributed by atoms with van der Waals surface area (Å²) < 4.78 is 0. The van der Waals surface area contributed by atoms with Gasteiger partial charge in [-0.05, 0) is 55.2 Å². The van der Waals surface area contributed by atoms with E-state index in [2.05, 4.69) is 27.4 Å². The van der Waals surface area contributed by atoms with E-state index in [1.165, 1.54) is 18.3 Å². The molecule has 0 aromatic carbocycles. The number of nitrogens with two attached hydrogens (primary N) is 1. The number of fused-ring (bicyclic) bond motifs is 1. The molecule has 3 heterocycles. The number of hydrogen-bond acceptors (Lipinski definition) is 9. The van der Waals surface area contributed by atoms with Crippen LogP contribution in [-0.2, 0) is 17.6 Å². The monoisotopic (exact) mass is 489 g/mol. The molecule has 0 radical (unpaired) electrons. The number of nitrogens with zero attached hydrogens (tertiary/aromatic N) is 3. The van der Waals surface area contributed by atoms with Crippen molar-refractivity contribution in [2.45, 2.75) is 69.2 Å². The van der Waals surface area contributed by atoms with Crippen LogP contribution in [0.3, 0.4) is 0 Å². The maximum Gasteiger partial charge on any atom is 0.303 e. The fraction of sp³-hybridized carbons (Fsp3) is 0.600. The number of aryl methyl sites for hydroxylation is 2. The van der Waals surface area contributed by atoms with Crippen molar-refractivity contribution in [2.75, 3.05) is 31.7 Å². The van der Waals surface area contributed by atoms with Gasteiger partial charge in [0, 0.05) is 24.6 Å². The number of rotatable bonds is 13. The number of aliphatic hydroxyl groups is 3. The standard InChI is InChI=1S/C21H28N4O2.C4H11NO3/c26-20(27)12-17(18-13-22-15-23-14-18)6-3-1-2-4-8-19-10-9-16-7-5-11-24-21(16)25-19;5-4(1-6,2-7)3-8/h9-10,13-15,17H,1-8,11-12H2,(H,24,25)(H,26,27);6-8H,1-3,5H2/t17-;/m1./s1. The van der Waals surface area contributed by atoms with Gasteiger partial charge in [-0.25, -0.2) is 15.0 Å². The van der Waals surface area contributed by atoms with Gasteiger partial charge in [-0.3, -0.25) is 4.79 Å². The molecule has 0 saturated carbocycles. The van der Waals surface area contributed by atoms with Gasteiger partial charge in [-0.1, -0.05) is 25.3 Å². The Hall–Kier alpha value is -2.66. The third kappa shape index (κ3) is 10.2. The van der Waals surface area contributed by atoms with Gasteiger partial charge in [0.05, 0.1) is 31.8 Å². The van der Waals surface area contributed by atoms with E-state index >= 15 is 0 Å². The van der Waals surface area contributed by atoms with Gasteiger partial charge >= 0.3 is 5.97 Å². The van der Waals surface area contributed by atoms with Crippen LogP contribution in [0.5, 0.6) is 0 Å². The molecular formula is C25H39N5O5. The largest absolute Gasteiger partial charge is 0.481 e. The Labute approximate surface area is 206 Å². The quantitative estimate of drug-likeness (QED) is 0.227. The number of carboxylic acids is 1. The van der Waals surface area contributed by atoms with Gasteiger partial charge in [0.25, 0.3) is 0 Å². The second-order valence-electron chi connectivity index (χ2n) is 9.10. The molecule has 2 aromatic rings. The molecule has 2 aromatic heterocycles. The summed E-state index contributed by atoms with van der Waals surface area (Å²) in [7, 11) is 0. The van der Waals surface area contributed by atoms with E-state index in [1.807, 2.05) is 0 Å². The SMILES string of the molecule is NC(CO)(CO)CO.O=C(O)C[C@@H](CCCCCCc1ccc2c(n1)NCCC2)c1cncnc1. The lowest BCUT2D eigenvalue weighted by Gasteiger charge is -2.20. The highest BCUT2D eigenvalue weighted by molar-refractivity contribution is 5.68. The summed E-state index contributed by atoms with van der Waals surface area (Å²) in [5.74, 6) is 0.299. The molecule has 10 heteroatoms. The molecule has 194 valence electrons. The van der Waals surface area contributed by atoms with Gasteiger partial charge in [-0.15, -0.1) is 0 Å². The minimum atomic E-state index is -1.21. The van der Waals surface area contributed by atoms with E-state index in [0.717, 1.165) is 68.6 Å². The summed E-state index contributed by atoms with van der Waals surface area (Å²) in [6.07, 6.45) is 13.6. The Morgan fingerprint density at radius 1 is 1.06 bits per heavy atom. The van der Waals surface area contributed by atoms with Crippen LogP contribution < -0.4 is 11.1 Å². The molecule has 35 heavy (non-hydrogen) atoms. The molecule has 1 atom stereocenters. The van der Waals surface area contributed by atoms with Crippen LogP contribution in [0.4, 0.5) is 5.82 Å². The predicted octanol–water partition coefficient (Wildman–Crippen LogP) is 1.64. The number of carbonyl (C=O) groups is 1. The highest BCUT2D eigenvalue weighted by Gasteiger charge is 2.20. The van der Waals surface area contributed by atoms with Gasteiger partial charge < -0.3 is 31.5 Å². The smallest absolute Gasteiger partial charge is 0.303 e. The first-order valence-corrected chi connectivity index (χ1v) is 12.2. The molecule has 0 amide bonds. The first-order valence-electron chi connectivity index (χ1n) is 12.2. The maximum absolute atomic E-state index is 11.1. The van der Waals surface area contributed by atoms with Crippen LogP contribution in [0.2, 0.25) is 0 Å². The zero-order valence-corrected chi connectivity index (χ0v) is 20.3. The van der Waals surface area contributed by atoms with Gasteiger partial charge in [0.2, 0.25) is 0 Å². The van der Waals surface area contributed by atoms with Crippen molar-refractivity contribution < 1.29 is 25.2 Å². The molecule has 0 unspecified atom stereocenters. The normalized spacial score (nSPS) is 13.7. The number of nitrogens with one attached hydrogen (secondary N) is 1. The number of hydrogen-bond donors (Lipinski definition) is 6. The number of aliphatic carboxylic acids is 1. The van der Waals surface area contributed by atoms with Crippen LogP contribution in [0.25, 0.3) is 0 Å². The first kappa shape index (κ1) is 28.6. The number of pyridine rings is 1. The Bertz CT molecular complexity index is 872. The second kappa shape index (κ2) is 15.4. The fourth-order valence-corrected chi connectivity index (χ4v) is 3.83. The van der Waals surface area contributed by atoms with E-state index in [1.54, 1.807) is 12.4 Å². The third-order valence-electron chi connectivity index (χ3n) is 6.10. The Morgan fingerprint density at radius 3 is 2.37 bits per heavy atom. The molecule has 0 spiro atoms. The summed E-state index contributed by atoms with van der Waals surface area (Å²) in [5, 5.41) is 37.6. The minimum absolute atomic E-state index is 0.00270. The van der Waals surface area contributed by atoms with Crippen molar-refractivity contribution in [3.8, 4) is 0 Å². The lowest BCUT2D eigenvalue weighted by atomic mass is 9.92. The average Bonchev–Trinajstić information content (AvgIpc) is 2.90. The summed E-state index contributed by atoms with van der Waals surface area (Å²) in [5.41, 5.74) is 7.35. The molecule has 0 bridgehead atoms. The van der Waals surface area contributed by atoms with E-state index in [0.29, 0.717) is 0 Å². The summed E-state index contributed by atoms with van der Waals surface area (Å²) in [4.78, 5) is 23.9. The Kier molecular flexibility index (Phi) is 12.5. The molecule has 1 aliphatic rings. The molecule has 0 fully saturated rings. The van der Waals surface area contributed by atoms with Gasteiger partial charge in [-0.2, -0.15) is 0 Å². The molecule has 3 rings (SSSR count). The lowest BCUT2D eigenvalue weighted by molar-refractivity contribution is -0.137. The van der Waals surface area contributed by atoms with Crippen molar-refractivity contribution in [3.05, 3.63) is 47.7 Å². The topological polar surface area (TPSA) is 175 Å². The number of anilines is 1. The van der Waals surface area contributed by atoms with Gasteiger partial charge in [0.1, 0.15) is 12.1 Å². The van der Waals surface area contributed by atoms with Crippen molar-refractivity contribution in [3.63, 3.8) is 0 Å². The van der Waals surface area contributed by atoms with Crippen LogP contribution in [0, 0.1) is 0 Å². The molecular weight excluding hydrogens is 450 g/mol. The van der Waals surface area contributed by atoms with E-state index in [9.17, 15) is 4.79 Å². The van der Waals surface area contributed by atoms with Crippen molar-refractivity contribution in [1.82, 2.24) is 15.0 Å². The van der Waals surface area contributed by atoms with Crippen LogP contribution in [0.15, 0.2) is 30.9 Å². The van der Waals surface area contributed by atoms with Crippen molar-refractivity contribution >= 4 is 11.8 Å². The zero-order chi connectivity index (χ0) is 25.5. The molecule has 7 N–H and O–H groups in total. The highest BCUT2D eigenvalue weighted by Crippen LogP contribution is 2.25. The van der Waals surface area contributed by atoms with E-state index in [-0.39, 0.29) is 12.3 Å². The van der Waals surface area contributed by atoms with Crippen LogP contribution in [0.1, 0.15) is 67.7 Å². The summed E-state index contributed by atoms with van der Waals surface area (Å²) >= 11 is 0. The molecule has 0 saturated heterocycles. The van der Waals surface area contributed by atoms with E-state index < -0.39 is 31.3 Å². The average molecular weight is 490 g/mol. The molecule has 10 nitrogen and oxygen atoms in total. The lowest BCUT2D eigenvalue weighted by Crippen LogP contribution is -2.50. The third-order valence-corrected chi connectivity index (χ3v) is 6.10. The van der Waals surface area contributed by atoms with Crippen LogP contribution in [-0.4, -0.2) is 73.3 Å². The molecule has 1 aliphatic heterocycles. The Balaban J connectivity index is 0.000000466. The second-order valence-corrected chi connectivity index (χ2v) is 9.10. The highest BCUT2D eigenvalue weighted by atomic mass is 16.4. The number of unbranched alkanes of at least 4 members (excludes halogenated alkanes) is 3. The zero-order valence-electron chi connectivity index (χ0n) is 20.3. The fourth-order valence-electron chi connectivity index (χ4n) is 3.83. The first-order chi connectivity index (χ1) is 16.9. The minimum Gasteiger partial charge on any atom is -0.481 e. The van der Waals surface area contributed by atoms with Crippen LogP contribution >= 0.6 is 0 Å². The summed E-state index contributed by atoms with van der Waals surface area (Å²) in [6, 6.07) is 4.37. The van der Waals surface area contributed by atoms with Gasteiger partial charge in [0.15, 0.2) is 0 Å². The predicted molar refractivity (Wildman–Crippen MR) is 133 cm³/mol. The maximum atomic E-state index is 11.1. The Morgan fingerprint density at radius 2 is 1.74 bits per heavy atom. The number of aliphatic hydroxyl groups excluding tert-OH is 3. The van der Waals surface area contributed by atoms with Crippen molar-refractivity contribution in [2.24, 2.45) is 5.73 Å². The number of aromatic nitrogens is 3. The number of carboxylic acid groups (broad SMARTS) is 1. The van der Waals surface area contributed by atoms with E-state index in [4.69, 9.17) is 31.1 Å².